The second-order valence-corrected chi connectivity index (χ2v) is 6.62. The van der Waals surface area contributed by atoms with Crippen LogP contribution in [-0.2, 0) is 13.0 Å². The van der Waals surface area contributed by atoms with Crippen molar-refractivity contribution in [2.45, 2.75) is 25.1 Å². The first kappa shape index (κ1) is 17.2. The predicted molar refractivity (Wildman–Crippen MR) is 108 cm³/mol. The lowest BCUT2D eigenvalue weighted by atomic mass is 10.0. The maximum atomic E-state index is 10.9. The molecule has 0 saturated carbocycles. The van der Waals surface area contributed by atoms with Gasteiger partial charge in [-0.25, -0.2) is 0 Å². The van der Waals surface area contributed by atoms with Gasteiger partial charge in [0.2, 0.25) is 0 Å². The summed E-state index contributed by atoms with van der Waals surface area (Å²) in [5.41, 5.74) is 3.82. The first-order valence-electron chi connectivity index (χ1n) is 9.11. The molecule has 2 atom stereocenters. The molecule has 5 nitrogen and oxygen atoms in total. The Kier molecular flexibility index (Phi) is 5.12. The number of rotatable bonds is 7. The maximum Gasteiger partial charge on any atom is 0.113 e. The highest BCUT2D eigenvalue weighted by Gasteiger charge is 2.21. The van der Waals surface area contributed by atoms with Crippen LogP contribution < -0.4 is 5.32 Å². The zero-order chi connectivity index (χ0) is 18.5. The van der Waals surface area contributed by atoms with Crippen molar-refractivity contribution in [1.29, 1.82) is 0 Å². The molecule has 0 unspecified atom stereocenters. The van der Waals surface area contributed by atoms with Crippen molar-refractivity contribution in [1.82, 2.24) is 15.0 Å². The third-order valence-corrected chi connectivity index (χ3v) is 4.57. The number of para-hydroxylation sites is 1. The average Bonchev–Trinajstić information content (AvgIpc) is 3.11. The van der Waals surface area contributed by atoms with Gasteiger partial charge in [0.25, 0.3) is 0 Å². The molecule has 4 aromatic rings. The Morgan fingerprint density at radius 2 is 1.33 bits per heavy atom. The number of nitrogens with zero attached hydrogens (tertiary/aromatic N) is 3. The van der Waals surface area contributed by atoms with E-state index in [0.29, 0.717) is 13.0 Å². The summed E-state index contributed by atoms with van der Waals surface area (Å²) in [4.78, 5) is 1.58. The van der Waals surface area contributed by atoms with Crippen LogP contribution in [0.3, 0.4) is 0 Å². The largest absolute Gasteiger partial charge is 0.389 e. The number of hydrogen-bond acceptors (Lipinski definition) is 4. The average molecular weight is 358 g/mol. The molecule has 4 rings (SSSR count). The van der Waals surface area contributed by atoms with E-state index in [1.807, 2.05) is 72.8 Å². The first-order chi connectivity index (χ1) is 13.3. The Morgan fingerprint density at radius 1 is 0.778 bits per heavy atom. The van der Waals surface area contributed by atoms with E-state index >= 15 is 0 Å². The summed E-state index contributed by atoms with van der Waals surface area (Å²) in [5, 5.41) is 23.3. The zero-order valence-electron chi connectivity index (χ0n) is 14.9. The van der Waals surface area contributed by atoms with E-state index in [0.717, 1.165) is 16.7 Å². The highest BCUT2D eigenvalue weighted by atomic mass is 16.3. The first-order valence-corrected chi connectivity index (χ1v) is 9.11. The summed E-state index contributed by atoms with van der Waals surface area (Å²) in [7, 11) is 0. The van der Waals surface area contributed by atoms with Crippen molar-refractivity contribution < 1.29 is 5.11 Å². The van der Waals surface area contributed by atoms with Gasteiger partial charge in [0, 0.05) is 5.69 Å². The van der Waals surface area contributed by atoms with Crippen LogP contribution in [0.1, 0.15) is 5.56 Å². The Hall–Kier alpha value is -3.18. The fourth-order valence-corrected chi connectivity index (χ4v) is 3.18. The Balaban J connectivity index is 1.54. The fraction of sp³-hybridized carbons (Fsp3) is 0.182. The van der Waals surface area contributed by atoms with Gasteiger partial charge in [-0.05, 0) is 36.2 Å². The summed E-state index contributed by atoms with van der Waals surface area (Å²) in [5.74, 6) is 0. The van der Waals surface area contributed by atoms with Gasteiger partial charge in [-0.2, -0.15) is 15.0 Å². The van der Waals surface area contributed by atoms with E-state index < -0.39 is 6.10 Å². The summed E-state index contributed by atoms with van der Waals surface area (Å²) < 4.78 is 0. The van der Waals surface area contributed by atoms with Crippen molar-refractivity contribution in [3.05, 3.63) is 90.5 Å². The van der Waals surface area contributed by atoms with Crippen molar-refractivity contribution >= 4 is 16.7 Å². The van der Waals surface area contributed by atoms with Gasteiger partial charge >= 0.3 is 0 Å². The highest BCUT2D eigenvalue weighted by molar-refractivity contribution is 5.72. The molecule has 0 aliphatic rings. The summed E-state index contributed by atoms with van der Waals surface area (Å²) >= 11 is 0. The van der Waals surface area contributed by atoms with Crippen LogP contribution >= 0.6 is 0 Å². The molecule has 0 saturated heterocycles. The fourth-order valence-electron chi connectivity index (χ4n) is 3.18. The number of benzene rings is 3. The van der Waals surface area contributed by atoms with Crippen LogP contribution in [0.15, 0.2) is 84.9 Å². The molecule has 1 heterocycles. The molecule has 2 N–H and O–H groups in total. The van der Waals surface area contributed by atoms with Gasteiger partial charge in [-0.1, -0.05) is 60.7 Å². The minimum absolute atomic E-state index is 0.163. The monoisotopic (exact) mass is 358 g/mol. The third-order valence-electron chi connectivity index (χ3n) is 4.57. The van der Waals surface area contributed by atoms with Gasteiger partial charge in [0.15, 0.2) is 0 Å². The standard InChI is InChI=1S/C22H22N4O/c27-22(16-26-24-19-13-7-8-14-20(19)25-26)21(15-17-9-3-1-4-10-17)23-18-11-5-2-6-12-18/h1-14,21-23,27H,15-16H2/t21-,22+/m1/s1. The second kappa shape index (κ2) is 8.01. The Morgan fingerprint density at radius 3 is 1.96 bits per heavy atom. The maximum absolute atomic E-state index is 10.9. The van der Waals surface area contributed by atoms with Crippen LogP contribution in [0, 0.1) is 0 Å². The van der Waals surface area contributed by atoms with E-state index in [2.05, 4.69) is 27.6 Å². The SMILES string of the molecule is O[C@@H](Cn1nc2ccccc2n1)[C@@H](Cc1ccccc1)Nc1ccccc1. The van der Waals surface area contributed by atoms with E-state index in [4.69, 9.17) is 0 Å². The summed E-state index contributed by atoms with van der Waals surface area (Å²) in [6.07, 6.45) is 0.0600. The highest BCUT2D eigenvalue weighted by Crippen LogP contribution is 2.15. The topological polar surface area (TPSA) is 63.0 Å². The quantitative estimate of drug-likeness (QED) is 0.531. The molecular formula is C22H22N4O. The van der Waals surface area contributed by atoms with Gasteiger partial charge in [0.1, 0.15) is 11.0 Å². The molecule has 0 aliphatic carbocycles. The van der Waals surface area contributed by atoms with E-state index in [-0.39, 0.29) is 6.04 Å². The molecule has 136 valence electrons. The smallest absolute Gasteiger partial charge is 0.113 e. The van der Waals surface area contributed by atoms with Crippen LogP contribution in [0.4, 0.5) is 5.69 Å². The number of aromatic nitrogens is 3. The van der Waals surface area contributed by atoms with Crippen LogP contribution in [0.5, 0.6) is 0 Å². The van der Waals surface area contributed by atoms with Crippen LogP contribution in [-0.4, -0.2) is 32.2 Å². The molecule has 27 heavy (non-hydrogen) atoms. The predicted octanol–water partition coefficient (Wildman–Crippen LogP) is 3.52. The van der Waals surface area contributed by atoms with Crippen LogP contribution in [0.25, 0.3) is 11.0 Å². The van der Waals surface area contributed by atoms with E-state index in [9.17, 15) is 5.11 Å². The number of fused-ring (bicyclic) bond motifs is 1. The molecule has 1 aromatic heterocycles. The van der Waals surface area contributed by atoms with E-state index in [1.54, 1.807) is 4.80 Å². The van der Waals surface area contributed by atoms with Crippen molar-refractivity contribution in [3.63, 3.8) is 0 Å². The van der Waals surface area contributed by atoms with Crippen LogP contribution in [0.2, 0.25) is 0 Å². The number of nitrogens with one attached hydrogen (secondary N) is 1. The molecule has 0 bridgehead atoms. The van der Waals surface area contributed by atoms with Gasteiger partial charge in [0.05, 0.1) is 18.7 Å². The molecule has 0 aliphatic heterocycles. The minimum Gasteiger partial charge on any atom is -0.389 e. The van der Waals surface area contributed by atoms with Crippen molar-refractivity contribution in [2.75, 3.05) is 5.32 Å². The number of anilines is 1. The Labute approximate surface area is 158 Å². The minimum atomic E-state index is -0.646. The molecule has 0 amide bonds. The molecule has 0 spiro atoms. The second-order valence-electron chi connectivity index (χ2n) is 6.62. The molecule has 0 radical (unpaired) electrons. The third kappa shape index (κ3) is 4.33. The molecular weight excluding hydrogens is 336 g/mol. The number of aliphatic hydroxyl groups is 1. The zero-order valence-corrected chi connectivity index (χ0v) is 14.9. The normalized spacial score (nSPS) is 13.4. The lowest BCUT2D eigenvalue weighted by Gasteiger charge is -2.25. The summed E-state index contributed by atoms with van der Waals surface area (Å²) in [6, 6.07) is 27.7. The summed E-state index contributed by atoms with van der Waals surface area (Å²) in [6.45, 7) is 0.325. The van der Waals surface area contributed by atoms with Gasteiger partial charge in [-0.3, -0.25) is 0 Å². The lowest BCUT2D eigenvalue weighted by Crippen LogP contribution is -2.39. The number of hydrogen-bond donors (Lipinski definition) is 2. The van der Waals surface area contributed by atoms with Gasteiger partial charge in [-0.15, -0.1) is 0 Å². The lowest BCUT2D eigenvalue weighted by molar-refractivity contribution is 0.123. The van der Waals surface area contributed by atoms with E-state index in [1.165, 1.54) is 5.56 Å². The number of aliphatic hydroxyl groups excluding tert-OH is 1. The van der Waals surface area contributed by atoms with Crippen molar-refractivity contribution in [2.24, 2.45) is 0 Å². The molecule has 0 fully saturated rings. The Bertz CT molecular complexity index is 910. The van der Waals surface area contributed by atoms with Gasteiger partial charge < -0.3 is 10.4 Å². The molecule has 3 aromatic carbocycles. The van der Waals surface area contributed by atoms with Crippen molar-refractivity contribution in [3.8, 4) is 0 Å². The molecule has 5 heteroatoms.